The highest BCUT2D eigenvalue weighted by Gasteiger charge is 2.17. The molecule has 1 atom stereocenters. The lowest BCUT2D eigenvalue weighted by molar-refractivity contribution is 0.0792. The van der Waals surface area contributed by atoms with Gasteiger partial charge in [-0.15, -0.1) is 11.6 Å². The maximum Gasteiger partial charge on any atom is 0.257 e. The minimum atomic E-state index is -0.374. The van der Waals surface area contributed by atoms with E-state index in [2.05, 4.69) is 0 Å². The summed E-state index contributed by atoms with van der Waals surface area (Å²) in [7, 11) is 1.59. The highest BCUT2D eigenvalue weighted by atomic mass is 35.5. The fourth-order valence-electron chi connectivity index (χ4n) is 1.36. The van der Waals surface area contributed by atoms with Crippen LogP contribution < -0.4 is 0 Å². The van der Waals surface area contributed by atoms with Crippen LogP contribution in [0.4, 0.5) is 0 Å². The van der Waals surface area contributed by atoms with E-state index in [4.69, 9.17) is 11.6 Å². The van der Waals surface area contributed by atoms with Gasteiger partial charge in [-0.1, -0.05) is 0 Å². The van der Waals surface area contributed by atoms with Gasteiger partial charge in [0.1, 0.15) is 11.5 Å². The second-order valence-corrected chi connectivity index (χ2v) is 4.41. The number of phenols is 2. The first-order chi connectivity index (χ1) is 7.41. The second-order valence-electron chi connectivity index (χ2n) is 3.67. The van der Waals surface area contributed by atoms with Crippen LogP contribution in [0.3, 0.4) is 0 Å². The average Bonchev–Trinajstić information content (AvgIpc) is 2.19. The molecular weight excluding hydrogens is 230 g/mol. The molecule has 5 heteroatoms. The highest BCUT2D eigenvalue weighted by Crippen LogP contribution is 2.23. The SMILES string of the molecule is CC(Cl)CN(C)C(=O)c1cc(O)ccc1O. The third-order valence-corrected chi connectivity index (χ3v) is 2.22. The lowest BCUT2D eigenvalue weighted by Crippen LogP contribution is -2.31. The molecule has 0 aliphatic carbocycles. The van der Waals surface area contributed by atoms with E-state index in [1.165, 1.54) is 23.1 Å². The molecule has 0 heterocycles. The van der Waals surface area contributed by atoms with Gasteiger partial charge >= 0.3 is 0 Å². The quantitative estimate of drug-likeness (QED) is 0.629. The maximum atomic E-state index is 11.8. The third kappa shape index (κ3) is 3.03. The summed E-state index contributed by atoms with van der Waals surface area (Å²) in [5.41, 5.74) is 0.0693. The summed E-state index contributed by atoms with van der Waals surface area (Å²) in [6, 6.07) is 3.82. The van der Waals surface area contributed by atoms with Crippen LogP contribution in [0.2, 0.25) is 0 Å². The van der Waals surface area contributed by atoms with E-state index in [9.17, 15) is 15.0 Å². The van der Waals surface area contributed by atoms with Crippen LogP contribution in [0.15, 0.2) is 18.2 Å². The van der Waals surface area contributed by atoms with Gasteiger partial charge in [-0.05, 0) is 25.1 Å². The van der Waals surface area contributed by atoms with Crippen LogP contribution in [0.1, 0.15) is 17.3 Å². The second kappa shape index (κ2) is 5.07. The van der Waals surface area contributed by atoms with Gasteiger partial charge in [0.25, 0.3) is 5.91 Å². The molecule has 88 valence electrons. The molecule has 0 aliphatic heterocycles. The van der Waals surface area contributed by atoms with Gasteiger partial charge in [-0.3, -0.25) is 4.79 Å². The Morgan fingerprint density at radius 3 is 2.69 bits per heavy atom. The molecule has 1 aromatic carbocycles. The van der Waals surface area contributed by atoms with E-state index in [0.717, 1.165) is 0 Å². The van der Waals surface area contributed by atoms with Crippen LogP contribution in [0, 0.1) is 0 Å². The average molecular weight is 244 g/mol. The number of hydrogen-bond acceptors (Lipinski definition) is 3. The summed E-state index contributed by atoms with van der Waals surface area (Å²) < 4.78 is 0. The summed E-state index contributed by atoms with van der Waals surface area (Å²) in [5.74, 6) is -0.591. The molecule has 2 N–H and O–H groups in total. The number of benzene rings is 1. The smallest absolute Gasteiger partial charge is 0.257 e. The van der Waals surface area contributed by atoms with Gasteiger partial charge in [0.05, 0.1) is 5.56 Å². The van der Waals surface area contributed by atoms with Crippen molar-refractivity contribution < 1.29 is 15.0 Å². The van der Waals surface area contributed by atoms with E-state index in [1.807, 2.05) is 0 Å². The normalized spacial score (nSPS) is 12.2. The Labute approximate surface area is 99.1 Å². The van der Waals surface area contributed by atoms with Gasteiger partial charge in [0, 0.05) is 19.0 Å². The Hall–Kier alpha value is -1.42. The molecular formula is C11H14ClNO3. The molecule has 1 rings (SSSR count). The van der Waals surface area contributed by atoms with Gasteiger partial charge < -0.3 is 15.1 Å². The number of carbonyl (C=O) groups is 1. The van der Waals surface area contributed by atoms with Crippen molar-refractivity contribution in [1.29, 1.82) is 0 Å². The van der Waals surface area contributed by atoms with Crippen LogP contribution in [0.5, 0.6) is 11.5 Å². The minimum Gasteiger partial charge on any atom is -0.508 e. The molecule has 0 spiro atoms. The first-order valence-electron chi connectivity index (χ1n) is 4.83. The molecule has 0 aliphatic rings. The van der Waals surface area contributed by atoms with Crippen LogP contribution in [0.25, 0.3) is 0 Å². The Kier molecular flexibility index (Phi) is 4.01. The number of carbonyl (C=O) groups excluding carboxylic acids is 1. The summed E-state index contributed by atoms with van der Waals surface area (Å²) in [5, 5.41) is 18.6. The van der Waals surface area contributed by atoms with Gasteiger partial charge in [-0.25, -0.2) is 0 Å². The van der Waals surface area contributed by atoms with Crippen LogP contribution >= 0.6 is 11.6 Å². The van der Waals surface area contributed by atoms with E-state index in [1.54, 1.807) is 14.0 Å². The number of halogens is 1. The molecule has 16 heavy (non-hydrogen) atoms. The van der Waals surface area contributed by atoms with E-state index >= 15 is 0 Å². The number of phenolic OH excluding ortho intramolecular Hbond substituents is 2. The number of aromatic hydroxyl groups is 2. The summed E-state index contributed by atoms with van der Waals surface area (Å²) in [6.07, 6.45) is 0. The largest absolute Gasteiger partial charge is 0.508 e. The third-order valence-electron chi connectivity index (χ3n) is 2.08. The minimum absolute atomic E-state index is 0.0616. The summed E-state index contributed by atoms with van der Waals surface area (Å²) in [4.78, 5) is 13.2. The van der Waals surface area contributed by atoms with Crippen molar-refractivity contribution in [2.45, 2.75) is 12.3 Å². The highest BCUT2D eigenvalue weighted by molar-refractivity contribution is 6.20. The number of hydrogen-bond donors (Lipinski definition) is 2. The number of rotatable bonds is 3. The molecule has 4 nitrogen and oxygen atoms in total. The Morgan fingerprint density at radius 1 is 1.50 bits per heavy atom. The van der Waals surface area contributed by atoms with E-state index < -0.39 is 0 Å². The zero-order valence-corrected chi connectivity index (χ0v) is 9.90. The zero-order chi connectivity index (χ0) is 12.3. The topological polar surface area (TPSA) is 60.8 Å². The Balaban J connectivity index is 2.91. The monoisotopic (exact) mass is 243 g/mol. The van der Waals surface area contributed by atoms with Crippen molar-refractivity contribution in [3.8, 4) is 11.5 Å². The lowest BCUT2D eigenvalue weighted by atomic mass is 10.1. The molecule has 1 aromatic rings. The zero-order valence-electron chi connectivity index (χ0n) is 9.14. The van der Waals surface area contributed by atoms with Crippen LogP contribution in [-0.2, 0) is 0 Å². The first kappa shape index (κ1) is 12.6. The standard InChI is InChI=1S/C11H14ClNO3/c1-7(12)6-13(2)11(16)9-5-8(14)3-4-10(9)15/h3-5,7,14-15H,6H2,1-2H3. The number of nitrogens with zero attached hydrogens (tertiary/aromatic N) is 1. The van der Waals surface area contributed by atoms with Crippen molar-refractivity contribution in [3.63, 3.8) is 0 Å². The van der Waals surface area contributed by atoms with Gasteiger partial charge in [0.2, 0.25) is 0 Å². The fraction of sp³-hybridized carbons (Fsp3) is 0.364. The molecule has 0 saturated heterocycles. The first-order valence-corrected chi connectivity index (χ1v) is 5.27. The number of amides is 1. The predicted octanol–water partition coefficient (Wildman–Crippen LogP) is 1.80. The maximum absolute atomic E-state index is 11.8. The van der Waals surface area contributed by atoms with E-state index in [-0.39, 0.29) is 28.3 Å². The lowest BCUT2D eigenvalue weighted by Gasteiger charge is -2.19. The summed E-state index contributed by atoms with van der Waals surface area (Å²) >= 11 is 5.77. The van der Waals surface area contributed by atoms with Crippen molar-refractivity contribution in [1.82, 2.24) is 4.90 Å². The van der Waals surface area contributed by atoms with Gasteiger partial charge in [-0.2, -0.15) is 0 Å². The Bertz CT molecular complexity index is 393. The predicted molar refractivity (Wildman–Crippen MR) is 62.0 cm³/mol. The Morgan fingerprint density at radius 2 is 2.12 bits per heavy atom. The van der Waals surface area contributed by atoms with Gasteiger partial charge in [0.15, 0.2) is 0 Å². The molecule has 1 amide bonds. The van der Waals surface area contributed by atoms with Crippen molar-refractivity contribution in [2.75, 3.05) is 13.6 Å². The summed E-state index contributed by atoms with van der Waals surface area (Å²) in [6.45, 7) is 2.14. The molecule has 0 bridgehead atoms. The molecule has 0 radical (unpaired) electrons. The van der Waals surface area contributed by atoms with E-state index in [0.29, 0.717) is 6.54 Å². The fourth-order valence-corrected chi connectivity index (χ4v) is 1.57. The molecule has 0 saturated carbocycles. The van der Waals surface area contributed by atoms with Crippen molar-refractivity contribution in [2.24, 2.45) is 0 Å². The van der Waals surface area contributed by atoms with Crippen molar-refractivity contribution >= 4 is 17.5 Å². The number of alkyl halides is 1. The molecule has 1 unspecified atom stereocenters. The molecule has 0 fully saturated rings. The van der Waals surface area contributed by atoms with Crippen LogP contribution in [-0.4, -0.2) is 40.0 Å². The molecule has 0 aromatic heterocycles. The van der Waals surface area contributed by atoms with Crippen molar-refractivity contribution in [3.05, 3.63) is 23.8 Å².